The van der Waals surface area contributed by atoms with Gasteiger partial charge < -0.3 is 39.7 Å². The summed E-state index contributed by atoms with van der Waals surface area (Å²) in [5, 5.41) is 18.9. The Morgan fingerprint density at radius 3 is 2.36 bits per heavy atom. The summed E-state index contributed by atoms with van der Waals surface area (Å²) < 4.78 is 10.4. The van der Waals surface area contributed by atoms with Crippen molar-refractivity contribution in [3.8, 4) is 11.4 Å². The Hall–Kier alpha value is -4.79. The molecule has 0 aliphatic carbocycles. The molecule has 1 aromatic carbocycles. The highest BCUT2D eigenvalue weighted by molar-refractivity contribution is 5.97. The largest absolute Gasteiger partial charge is 0.483 e. The van der Waals surface area contributed by atoms with Gasteiger partial charge in [-0.2, -0.15) is 0 Å². The lowest BCUT2D eigenvalue weighted by atomic mass is 10.1. The summed E-state index contributed by atoms with van der Waals surface area (Å²) in [5.41, 5.74) is 0.802. The van der Waals surface area contributed by atoms with Gasteiger partial charge in [0, 0.05) is 57.9 Å². The van der Waals surface area contributed by atoms with Crippen LogP contribution in [-0.4, -0.2) is 125 Å². The van der Waals surface area contributed by atoms with Crippen LogP contribution in [0.15, 0.2) is 36.4 Å². The van der Waals surface area contributed by atoms with Gasteiger partial charge in [0.05, 0.1) is 19.3 Å². The molecule has 3 amide bonds. The number of nitrogens with zero attached hydrogens (tertiary/aromatic N) is 5. The highest BCUT2D eigenvalue weighted by Gasteiger charge is 2.32. The number of carboxylic acids is 1. The number of hydrogen-bond acceptors (Lipinski definition) is 10. The van der Waals surface area contributed by atoms with Gasteiger partial charge in [0.15, 0.2) is 5.82 Å². The molecule has 244 valence electrons. The van der Waals surface area contributed by atoms with Crippen molar-refractivity contribution in [2.45, 2.75) is 44.7 Å². The number of carbonyl (C=O) groups excluding carboxylic acids is 3. The average Bonchev–Trinajstić information content (AvgIpc) is 3.52. The zero-order valence-corrected chi connectivity index (χ0v) is 25.5. The van der Waals surface area contributed by atoms with E-state index in [4.69, 9.17) is 24.4 Å². The van der Waals surface area contributed by atoms with Gasteiger partial charge in [0.2, 0.25) is 5.91 Å². The zero-order valence-electron chi connectivity index (χ0n) is 25.5. The van der Waals surface area contributed by atoms with Crippen molar-refractivity contribution in [1.82, 2.24) is 25.1 Å². The number of aliphatic carboxylic acids is 1. The molecule has 2 unspecified atom stereocenters. The molecule has 3 heterocycles. The topological polar surface area (TPSA) is 192 Å². The van der Waals surface area contributed by atoms with Crippen LogP contribution in [-0.2, 0) is 23.9 Å². The molecule has 2 aliphatic rings. The second kappa shape index (κ2) is 17.5. The fourth-order valence-electron chi connectivity index (χ4n) is 5.22. The Bertz CT molecular complexity index is 1300. The van der Waals surface area contributed by atoms with Crippen molar-refractivity contribution in [1.29, 1.82) is 0 Å². The lowest BCUT2D eigenvalue weighted by molar-refractivity contribution is -0.138. The number of rotatable bonds is 11. The number of nitrogens with one attached hydrogen (secondary N) is 1. The Morgan fingerprint density at radius 2 is 1.73 bits per heavy atom. The molecule has 2 fully saturated rings. The van der Waals surface area contributed by atoms with E-state index in [0.29, 0.717) is 18.2 Å². The maximum atomic E-state index is 13.6. The summed E-state index contributed by atoms with van der Waals surface area (Å²) in [6.07, 6.45) is 1.03. The van der Waals surface area contributed by atoms with Crippen molar-refractivity contribution in [2.75, 3.05) is 57.9 Å². The first kappa shape index (κ1) is 34.7. The van der Waals surface area contributed by atoms with Crippen LogP contribution < -0.4 is 10.2 Å². The summed E-state index contributed by atoms with van der Waals surface area (Å²) in [4.78, 5) is 73.4. The quantitative estimate of drug-likeness (QED) is 0.306. The molecule has 0 saturated carbocycles. The molecular weight excluding hydrogens is 588 g/mol. The molecule has 45 heavy (non-hydrogen) atoms. The van der Waals surface area contributed by atoms with Crippen LogP contribution in [0.5, 0.6) is 0 Å². The standard InChI is InChI=1S/C29H38N6O7.CH2O2/c1-3-42-29(40)34-16-14-33(15-17-34)28(39)22(11-12-25(36)37)31-27(38)23-18-24(35-13-7-10-21(35)19-41-2)32-26(30-23)20-8-5-4-6-9-20;2-1-3/h4-6,8-9,18,21-22H,3,7,10-17,19H2,1-2H3,(H,31,38)(H,36,37);1H,(H,2,3). The molecule has 2 atom stereocenters. The first-order valence-corrected chi connectivity index (χ1v) is 14.7. The molecule has 2 aromatic rings. The van der Waals surface area contributed by atoms with Crippen molar-refractivity contribution in [2.24, 2.45) is 0 Å². The third kappa shape index (κ3) is 9.86. The minimum absolute atomic E-state index is 0.0715. The summed E-state index contributed by atoms with van der Waals surface area (Å²) in [6.45, 7) is 4.02. The van der Waals surface area contributed by atoms with E-state index in [1.807, 2.05) is 30.3 Å². The summed E-state index contributed by atoms with van der Waals surface area (Å²) in [6, 6.07) is 9.91. The maximum absolute atomic E-state index is 13.6. The van der Waals surface area contributed by atoms with Gasteiger partial charge in [-0.1, -0.05) is 30.3 Å². The van der Waals surface area contributed by atoms with Crippen LogP contribution in [0.4, 0.5) is 10.6 Å². The van der Waals surface area contributed by atoms with Crippen molar-refractivity contribution in [3.05, 3.63) is 42.1 Å². The molecule has 15 heteroatoms. The van der Waals surface area contributed by atoms with Gasteiger partial charge in [-0.3, -0.25) is 19.2 Å². The van der Waals surface area contributed by atoms with Crippen LogP contribution >= 0.6 is 0 Å². The van der Waals surface area contributed by atoms with Gasteiger partial charge in [-0.05, 0) is 26.2 Å². The van der Waals surface area contributed by atoms with E-state index in [-0.39, 0.29) is 63.8 Å². The number of hydrogen-bond donors (Lipinski definition) is 3. The Kier molecular flexibility index (Phi) is 13.5. The third-order valence-corrected chi connectivity index (χ3v) is 7.38. The molecule has 2 aliphatic heterocycles. The highest BCUT2D eigenvalue weighted by atomic mass is 16.6. The molecule has 0 radical (unpaired) electrons. The van der Waals surface area contributed by atoms with E-state index in [9.17, 15) is 24.3 Å². The lowest BCUT2D eigenvalue weighted by Gasteiger charge is -2.36. The molecule has 0 bridgehead atoms. The third-order valence-electron chi connectivity index (χ3n) is 7.38. The molecule has 4 rings (SSSR count). The summed E-state index contributed by atoms with van der Waals surface area (Å²) >= 11 is 0. The maximum Gasteiger partial charge on any atom is 0.409 e. The van der Waals surface area contributed by atoms with E-state index in [1.165, 1.54) is 9.80 Å². The number of amides is 3. The number of piperazine rings is 1. The summed E-state index contributed by atoms with van der Waals surface area (Å²) in [5.74, 6) is -1.15. The van der Waals surface area contributed by atoms with Gasteiger partial charge in [0.25, 0.3) is 12.4 Å². The fourth-order valence-corrected chi connectivity index (χ4v) is 5.22. The van der Waals surface area contributed by atoms with Crippen molar-refractivity contribution >= 4 is 36.2 Å². The van der Waals surface area contributed by atoms with Gasteiger partial charge >= 0.3 is 12.1 Å². The number of carboxylic acid groups (broad SMARTS) is 2. The number of aromatic nitrogens is 2. The van der Waals surface area contributed by atoms with Gasteiger partial charge in [-0.25, -0.2) is 14.8 Å². The number of anilines is 1. The number of methoxy groups -OCH3 is 1. The minimum atomic E-state index is -1.09. The number of carbonyl (C=O) groups is 5. The van der Waals surface area contributed by atoms with Gasteiger partial charge in [0.1, 0.15) is 17.6 Å². The second-order valence-electron chi connectivity index (χ2n) is 10.3. The molecule has 1 aromatic heterocycles. The van der Waals surface area contributed by atoms with Crippen LogP contribution in [0.1, 0.15) is 43.1 Å². The smallest absolute Gasteiger partial charge is 0.409 e. The Balaban J connectivity index is 0.00000177. The summed E-state index contributed by atoms with van der Waals surface area (Å²) in [7, 11) is 1.65. The van der Waals surface area contributed by atoms with Crippen LogP contribution in [0.25, 0.3) is 11.4 Å². The minimum Gasteiger partial charge on any atom is -0.483 e. The first-order chi connectivity index (χ1) is 21.7. The SMILES string of the molecule is CCOC(=O)N1CCN(C(=O)C(CCC(=O)O)NC(=O)c2cc(N3CCCC3COC)nc(-c3ccccc3)n2)CC1.O=CO. The zero-order chi connectivity index (χ0) is 32.8. The monoisotopic (exact) mass is 628 g/mol. The van der Waals surface area contributed by atoms with E-state index in [1.54, 1.807) is 20.1 Å². The molecule has 3 N–H and O–H groups in total. The van der Waals surface area contributed by atoms with Crippen LogP contribution in [0.2, 0.25) is 0 Å². The molecular formula is C30H40N6O9. The van der Waals surface area contributed by atoms with Crippen LogP contribution in [0.3, 0.4) is 0 Å². The molecule has 2 saturated heterocycles. The second-order valence-corrected chi connectivity index (χ2v) is 10.3. The van der Waals surface area contributed by atoms with E-state index in [2.05, 4.69) is 15.2 Å². The predicted molar refractivity (Wildman–Crippen MR) is 162 cm³/mol. The number of ether oxygens (including phenoxy) is 2. The normalized spacial score (nSPS) is 16.7. The van der Waals surface area contributed by atoms with Crippen molar-refractivity contribution < 1.29 is 43.7 Å². The van der Waals surface area contributed by atoms with Crippen molar-refractivity contribution in [3.63, 3.8) is 0 Å². The first-order valence-electron chi connectivity index (χ1n) is 14.7. The van der Waals surface area contributed by atoms with Crippen LogP contribution in [0, 0.1) is 0 Å². The average molecular weight is 629 g/mol. The molecule has 15 nitrogen and oxygen atoms in total. The van der Waals surface area contributed by atoms with E-state index >= 15 is 0 Å². The van der Waals surface area contributed by atoms with E-state index < -0.39 is 29.9 Å². The van der Waals surface area contributed by atoms with Gasteiger partial charge in [-0.15, -0.1) is 0 Å². The predicted octanol–water partition coefficient (Wildman–Crippen LogP) is 1.72. The van der Waals surface area contributed by atoms with E-state index in [0.717, 1.165) is 24.9 Å². The lowest BCUT2D eigenvalue weighted by Crippen LogP contribution is -2.56. The Morgan fingerprint density at radius 1 is 1.07 bits per heavy atom. The number of benzene rings is 1. The highest BCUT2D eigenvalue weighted by Crippen LogP contribution is 2.27. The fraction of sp³-hybridized carbons (Fsp3) is 0.500. The molecule has 0 spiro atoms. The Labute approximate surface area is 261 Å².